The summed E-state index contributed by atoms with van der Waals surface area (Å²) in [6.45, 7) is 32.1. The third kappa shape index (κ3) is 17.8. The van der Waals surface area contributed by atoms with Crippen molar-refractivity contribution in [2.75, 3.05) is 34.5 Å². The van der Waals surface area contributed by atoms with E-state index in [0.29, 0.717) is 71.0 Å². The number of imidazole rings is 5. The number of hydrogen-bond donors (Lipinski definition) is 9. The molecular weight excluding hydrogens is 1520 g/mol. The van der Waals surface area contributed by atoms with Gasteiger partial charge in [0.1, 0.15) is 29.1 Å². The number of aryl methyl sites for hydroxylation is 5. The second-order valence-electron chi connectivity index (χ2n) is 31.4. The molecular formula is C85H100ClN25O7. The molecule has 614 valence electrons. The van der Waals surface area contributed by atoms with Crippen LogP contribution in [0.25, 0.3) is 27.6 Å². The molecule has 33 heteroatoms. The number of aromatic nitrogens is 20. The molecule has 0 bridgehead atoms. The molecule has 0 radical (unpaired) electrons. The van der Waals surface area contributed by atoms with Crippen LogP contribution in [0, 0.1) is 34.6 Å². The number of H-pyrrole nitrogens is 2. The maximum absolute atomic E-state index is 12.7. The second-order valence-corrected chi connectivity index (χ2v) is 31.8. The van der Waals surface area contributed by atoms with Crippen LogP contribution in [0.4, 0.5) is 23.8 Å². The lowest BCUT2D eigenvalue weighted by Gasteiger charge is -2.17. The zero-order valence-corrected chi connectivity index (χ0v) is 69.4. The first kappa shape index (κ1) is 83.2. The third-order valence-electron chi connectivity index (χ3n) is 20.6. The molecule has 3 aliphatic heterocycles. The molecule has 0 aliphatic carbocycles. The summed E-state index contributed by atoms with van der Waals surface area (Å²) in [6, 6.07) is 40.4. The summed E-state index contributed by atoms with van der Waals surface area (Å²) in [5.41, 5.74) is 18.7. The SMILES string of the molecule is CC(C)c1ncc2c(=O)[nH]c(Cl)nn12.Cc1ccc(C(CO)Nc2nn3c(C(C)C)ncc3c(=O)[nH]2)cc1.Cc1ccc(C(N)CO)cc1.Cc1ccc(C2Cn3c(nn4c(C(C)C)ncc4c3=O)N2)cc1.Cc1ccc([C@@H]2Cn3c(nn4c(C(C)C)ncc4c3=O)N2)cc1.Cc1ccc([C@H]2Cn3c(nn4c(C(C)C)ncc4c3=O)N2)cc1. The Labute approximate surface area is 684 Å². The van der Waals surface area contributed by atoms with Crippen molar-refractivity contribution in [1.82, 2.24) is 96.7 Å². The molecule has 3 aliphatic rings. The highest BCUT2D eigenvalue weighted by molar-refractivity contribution is 6.28. The molecule has 13 heterocycles. The topological polar surface area (TPSA) is 397 Å². The Balaban J connectivity index is 0.000000125. The molecule has 10 N–H and O–H groups in total. The van der Waals surface area contributed by atoms with Crippen LogP contribution in [0.15, 0.2) is 176 Å². The van der Waals surface area contributed by atoms with Crippen molar-refractivity contribution in [1.29, 1.82) is 0 Å². The van der Waals surface area contributed by atoms with E-state index < -0.39 is 0 Å². The smallest absolute Gasteiger partial charge is 0.281 e. The molecule has 0 amide bonds. The second kappa shape index (κ2) is 35.4. The number of benzene rings is 5. The first-order chi connectivity index (χ1) is 56.4. The summed E-state index contributed by atoms with van der Waals surface area (Å²) in [4.78, 5) is 88.3. The number of aliphatic hydroxyl groups is 2. The van der Waals surface area contributed by atoms with Crippen molar-refractivity contribution in [2.45, 2.75) is 183 Å². The molecule has 32 nitrogen and oxygen atoms in total. The highest BCUT2D eigenvalue weighted by atomic mass is 35.5. The Hall–Kier alpha value is -12.8. The van der Waals surface area contributed by atoms with E-state index in [4.69, 9.17) is 22.4 Å². The maximum atomic E-state index is 12.7. The fraction of sp³-hybridized carbons (Fsp3) is 0.353. The van der Waals surface area contributed by atoms with E-state index in [2.05, 4.69) is 175 Å². The van der Waals surface area contributed by atoms with Crippen molar-refractivity contribution in [3.05, 3.63) is 294 Å². The van der Waals surface area contributed by atoms with E-state index in [1.54, 1.807) is 50.4 Å². The van der Waals surface area contributed by atoms with E-state index in [0.717, 1.165) is 62.5 Å². The standard InChI is InChI=1S/C17H21N5O2.3C17H19N5O.C9H13NO.C8H9ClN4O/c1-10(2)15-18-8-14-16(24)20-17(21-22(14)15)19-13(9-23)12-6-4-11(3)5-7-12;3*1-10(2)15-18-8-14-16(23)21-9-13(19-17(21)20-22(14)15)12-6-4-11(3)5-7-12;1-7-2-4-8(5-3-7)9(10)6-11;1-4(2)6-10-3-5-7(14)11-8(9)12-13(5)6/h4-8,10,13,23H,9H2,1-3H3,(H2,19,20,21,24);3*4-8,10,13H,9H2,1-3H3,(H,19,20);2-5,9,11H,6,10H2,1H3;3-4H,1-2H3,(H,11,12,14)/t;2*13-;;;/m.10.../s1. The Morgan fingerprint density at radius 2 is 0.669 bits per heavy atom. The van der Waals surface area contributed by atoms with Gasteiger partial charge in [0, 0.05) is 29.6 Å². The van der Waals surface area contributed by atoms with E-state index >= 15 is 0 Å². The largest absolute Gasteiger partial charge is 0.394 e. The molecule has 0 saturated carbocycles. The number of nitrogens with one attached hydrogen (secondary N) is 6. The van der Waals surface area contributed by atoms with Crippen molar-refractivity contribution in [3.63, 3.8) is 0 Å². The van der Waals surface area contributed by atoms with Gasteiger partial charge in [0.05, 0.1) is 94.0 Å². The first-order valence-electron chi connectivity index (χ1n) is 39.4. The molecule has 118 heavy (non-hydrogen) atoms. The van der Waals surface area contributed by atoms with Gasteiger partial charge in [0.15, 0.2) is 27.6 Å². The number of halogens is 1. The van der Waals surface area contributed by atoms with Gasteiger partial charge < -0.3 is 37.2 Å². The first-order valence-corrected chi connectivity index (χ1v) is 39.8. The predicted octanol–water partition coefficient (Wildman–Crippen LogP) is 11.6. The lowest BCUT2D eigenvalue weighted by atomic mass is 10.1. The van der Waals surface area contributed by atoms with Gasteiger partial charge in [-0.1, -0.05) is 218 Å². The molecule has 18 rings (SSSR count). The number of nitrogens with two attached hydrogens (primary N) is 1. The van der Waals surface area contributed by atoms with Gasteiger partial charge in [0.2, 0.25) is 29.1 Å². The van der Waals surface area contributed by atoms with Crippen LogP contribution in [0.1, 0.15) is 214 Å². The van der Waals surface area contributed by atoms with Crippen molar-refractivity contribution >= 4 is 63.0 Å². The van der Waals surface area contributed by atoms with Crippen molar-refractivity contribution < 1.29 is 10.2 Å². The molecule has 0 saturated heterocycles. The van der Waals surface area contributed by atoms with Gasteiger partial charge in [-0.3, -0.25) is 47.6 Å². The summed E-state index contributed by atoms with van der Waals surface area (Å²) in [7, 11) is 0. The molecule has 15 aromatic rings. The fourth-order valence-corrected chi connectivity index (χ4v) is 14.0. The minimum atomic E-state index is -0.364. The number of aromatic amines is 2. The summed E-state index contributed by atoms with van der Waals surface area (Å²) in [5, 5.41) is 53.9. The fourth-order valence-electron chi connectivity index (χ4n) is 13.9. The summed E-state index contributed by atoms with van der Waals surface area (Å²) < 4.78 is 13.1. The number of aliphatic hydroxyl groups excluding tert-OH is 2. The third-order valence-corrected chi connectivity index (χ3v) is 20.7. The Morgan fingerprint density at radius 3 is 0.975 bits per heavy atom. The summed E-state index contributed by atoms with van der Waals surface area (Å²) >= 11 is 5.64. The van der Waals surface area contributed by atoms with E-state index in [1.165, 1.54) is 39.2 Å². The van der Waals surface area contributed by atoms with Crippen LogP contribution >= 0.6 is 11.6 Å². The molecule has 3 unspecified atom stereocenters. The molecule has 10 aromatic heterocycles. The normalized spacial score (nSPS) is 15.0. The average Bonchev–Trinajstić information content (AvgIpc) is 1.61. The van der Waals surface area contributed by atoms with E-state index in [1.807, 2.05) is 132 Å². The Morgan fingerprint density at radius 1 is 0.390 bits per heavy atom. The lowest BCUT2D eigenvalue weighted by Crippen LogP contribution is -2.22. The molecule has 5 aromatic carbocycles. The number of hydrogen-bond acceptors (Lipinski definition) is 22. The van der Waals surface area contributed by atoms with Gasteiger partial charge >= 0.3 is 0 Å². The van der Waals surface area contributed by atoms with Gasteiger partial charge in [-0.2, -0.15) is 0 Å². The minimum absolute atomic E-state index is 0.00304. The van der Waals surface area contributed by atoms with E-state index in [9.17, 15) is 29.1 Å². The molecule has 5 atom stereocenters. The lowest BCUT2D eigenvalue weighted by molar-refractivity contribution is 0.268. The van der Waals surface area contributed by atoms with Gasteiger partial charge in [-0.25, -0.2) is 47.5 Å². The van der Waals surface area contributed by atoms with Crippen LogP contribution in [0.5, 0.6) is 0 Å². The van der Waals surface area contributed by atoms with Crippen molar-refractivity contribution in [3.8, 4) is 0 Å². The van der Waals surface area contributed by atoms with Crippen molar-refractivity contribution in [2.24, 2.45) is 5.73 Å². The predicted molar refractivity (Wildman–Crippen MR) is 457 cm³/mol. The Bertz CT molecular complexity index is 6010. The van der Waals surface area contributed by atoms with Gasteiger partial charge in [-0.05, 0) is 74.0 Å². The molecule has 0 spiro atoms. The Kier molecular flexibility index (Phi) is 24.9. The van der Waals surface area contributed by atoms with Crippen LogP contribution < -0.4 is 54.8 Å². The zero-order valence-electron chi connectivity index (χ0n) is 68.7. The quantitative estimate of drug-likeness (QED) is 0.0488. The van der Waals surface area contributed by atoms with Crippen LogP contribution in [0.2, 0.25) is 5.28 Å². The highest BCUT2D eigenvalue weighted by Gasteiger charge is 2.31. The summed E-state index contributed by atoms with van der Waals surface area (Å²) in [5.74, 6) is 6.95. The minimum Gasteiger partial charge on any atom is -0.394 e. The maximum Gasteiger partial charge on any atom is 0.281 e. The van der Waals surface area contributed by atoms with E-state index in [-0.39, 0.29) is 106 Å². The number of anilines is 4. The average molecular weight is 1620 g/mol. The summed E-state index contributed by atoms with van der Waals surface area (Å²) in [6.07, 6.45) is 7.89. The van der Waals surface area contributed by atoms with Crippen LogP contribution in [-0.2, 0) is 19.6 Å². The monoisotopic (exact) mass is 1620 g/mol. The molecule has 0 fully saturated rings. The number of rotatable bonds is 14. The van der Waals surface area contributed by atoms with Gasteiger partial charge in [0.25, 0.3) is 27.8 Å². The van der Waals surface area contributed by atoms with Gasteiger partial charge in [-0.15, -0.1) is 25.5 Å². The number of nitrogens with zero attached hydrogens (tertiary/aromatic N) is 18. The highest BCUT2D eigenvalue weighted by Crippen LogP contribution is 2.32. The zero-order chi connectivity index (χ0) is 84.2. The van der Waals surface area contributed by atoms with Crippen LogP contribution in [0.3, 0.4) is 0 Å². The van der Waals surface area contributed by atoms with Crippen LogP contribution in [-0.4, -0.2) is 120 Å². The number of fused-ring (bicyclic) bond motifs is 8.